The highest BCUT2D eigenvalue weighted by Crippen LogP contribution is 2.25. The summed E-state index contributed by atoms with van der Waals surface area (Å²) in [6.45, 7) is 8.15. The predicted molar refractivity (Wildman–Crippen MR) is 113 cm³/mol. The maximum absolute atomic E-state index is 5.76. The van der Waals surface area contributed by atoms with Crippen LogP contribution in [-0.4, -0.2) is 14.4 Å². The molecule has 0 bridgehead atoms. The number of pyridine rings is 1. The second-order valence-electron chi connectivity index (χ2n) is 6.17. The highest BCUT2D eigenvalue weighted by atomic mass is 32.1. The molecule has 0 aliphatic carbocycles. The molecule has 4 rings (SSSR count). The molecule has 3 heterocycles. The van der Waals surface area contributed by atoms with Crippen molar-refractivity contribution in [2.45, 2.75) is 33.1 Å². The predicted octanol–water partition coefficient (Wildman–Crippen LogP) is 5.57. The van der Waals surface area contributed by atoms with Gasteiger partial charge in [0.05, 0.1) is 10.2 Å². The highest BCUT2D eigenvalue weighted by Gasteiger charge is 2.07. The van der Waals surface area contributed by atoms with Crippen LogP contribution in [0.3, 0.4) is 0 Å². The van der Waals surface area contributed by atoms with E-state index in [-0.39, 0.29) is 0 Å². The minimum atomic E-state index is 0.610. The summed E-state index contributed by atoms with van der Waals surface area (Å²) in [5.41, 5.74) is 11.1. The summed E-state index contributed by atoms with van der Waals surface area (Å²) in [5.74, 6) is 0. The van der Waals surface area contributed by atoms with Gasteiger partial charge >= 0.3 is 0 Å². The lowest BCUT2D eigenvalue weighted by atomic mass is 10.1. The fraction of sp³-hybridized carbons (Fsp3) is 0.238. The van der Waals surface area contributed by atoms with E-state index in [1.807, 2.05) is 36.7 Å². The average molecular weight is 365 g/mol. The third-order valence-corrected chi connectivity index (χ3v) is 5.05. The molecule has 1 aromatic carbocycles. The first-order valence-electron chi connectivity index (χ1n) is 8.88. The molecule has 0 radical (unpaired) electrons. The number of imidazole rings is 1. The monoisotopic (exact) mass is 364 g/mol. The first-order chi connectivity index (χ1) is 12.6. The zero-order valence-corrected chi connectivity index (χ0v) is 16.1. The Balaban J connectivity index is 0.000000447. The summed E-state index contributed by atoms with van der Waals surface area (Å²) in [6, 6.07) is 10.3. The van der Waals surface area contributed by atoms with Gasteiger partial charge in [0, 0.05) is 24.5 Å². The molecule has 26 heavy (non-hydrogen) atoms. The Morgan fingerprint density at radius 2 is 2.00 bits per heavy atom. The molecule has 2 N–H and O–H groups in total. The molecule has 134 valence electrons. The van der Waals surface area contributed by atoms with Gasteiger partial charge < -0.3 is 10.1 Å². The smallest absolute Gasteiger partial charge is 0.181 e. The van der Waals surface area contributed by atoms with Crippen LogP contribution in [0.15, 0.2) is 49.3 Å². The van der Waals surface area contributed by atoms with Crippen LogP contribution >= 0.6 is 11.3 Å². The Kier molecular flexibility index (Phi) is 5.68. The summed E-state index contributed by atoms with van der Waals surface area (Å²) in [6.07, 6.45) is 9.25. The molecule has 5 heteroatoms. The lowest BCUT2D eigenvalue weighted by Crippen LogP contribution is -1.94. The second-order valence-corrected chi connectivity index (χ2v) is 7.24. The number of unbranched alkanes of at least 4 members (excludes halogenated alkanes) is 1. The Hall–Kier alpha value is -2.66. The minimum absolute atomic E-state index is 0.610. The number of anilines is 1. The van der Waals surface area contributed by atoms with E-state index in [0.717, 1.165) is 33.5 Å². The molecule has 0 amide bonds. The molecule has 0 fully saturated rings. The number of benzene rings is 1. The zero-order chi connectivity index (χ0) is 18.5. The van der Waals surface area contributed by atoms with E-state index < -0.39 is 0 Å². The lowest BCUT2D eigenvalue weighted by Gasteiger charge is -2.03. The molecule has 0 saturated carbocycles. The Morgan fingerprint density at radius 3 is 2.73 bits per heavy atom. The van der Waals surface area contributed by atoms with Gasteiger partial charge in [0.25, 0.3) is 0 Å². The van der Waals surface area contributed by atoms with Crippen LogP contribution in [0.2, 0.25) is 0 Å². The fourth-order valence-corrected chi connectivity index (χ4v) is 3.41. The third kappa shape index (κ3) is 3.94. The van der Waals surface area contributed by atoms with Gasteiger partial charge in [0.15, 0.2) is 5.13 Å². The molecule has 0 spiro atoms. The van der Waals surface area contributed by atoms with E-state index in [1.165, 1.54) is 29.7 Å². The van der Waals surface area contributed by atoms with Crippen molar-refractivity contribution in [2.24, 2.45) is 0 Å². The molecule has 0 saturated heterocycles. The van der Waals surface area contributed by atoms with Crippen LogP contribution in [0.1, 0.15) is 43.5 Å². The molecule has 4 aromatic rings. The van der Waals surface area contributed by atoms with E-state index >= 15 is 0 Å². The Labute approximate surface area is 158 Å². The first-order valence-corrected chi connectivity index (χ1v) is 9.69. The van der Waals surface area contributed by atoms with Crippen LogP contribution < -0.4 is 5.73 Å². The number of nitrogens with two attached hydrogens (primary N) is 1. The summed E-state index contributed by atoms with van der Waals surface area (Å²) in [7, 11) is 0. The third-order valence-electron chi connectivity index (χ3n) is 4.20. The van der Waals surface area contributed by atoms with Crippen molar-refractivity contribution in [1.29, 1.82) is 0 Å². The summed E-state index contributed by atoms with van der Waals surface area (Å²) >= 11 is 1.52. The molecule has 3 aromatic heterocycles. The van der Waals surface area contributed by atoms with Gasteiger partial charge in [-0.05, 0) is 35.4 Å². The first kappa shape index (κ1) is 18.1. The topological polar surface area (TPSA) is 56.2 Å². The fourth-order valence-electron chi connectivity index (χ4n) is 2.61. The quantitative estimate of drug-likeness (QED) is 0.515. The average Bonchev–Trinajstić information content (AvgIpc) is 3.23. The lowest BCUT2D eigenvalue weighted by molar-refractivity contribution is 0.886. The second kappa shape index (κ2) is 8.15. The number of nitrogens with zero attached hydrogens (tertiary/aromatic N) is 3. The van der Waals surface area contributed by atoms with Crippen LogP contribution in [0.4, 0.5) is 5.13 Å². The van der Waals surface area contributed by atoms with Crippen LogP contribution in [0.5, 0.6) is 0 Å². The van der Waals surface area contributed by atoms with Gasteiger partial charge in [-0.1, -0.05) is 56.7 Å². The van der Waals surface area contributed by atoms with Crippen molar-refractivity contribution in [1.82, 2.24) is 14.4 Å². The number of thiazole rings is 1. The normalized spacial score (nSPS) is 10.7. The summed E-state index contributed by atoms with van der Waals surface area (Å²) in [5, 5.41) is 0.610. The molecule has 0 atom stereocenters. The number of fused-ring (bicyclic) bond motifs is 2. The SMILES string of the molecule is C=Cc1ccn2c(Cc3ccc4nc(N)sc4c3)cnc2c1.CCCC. The minimum Gasteiger partial charge on any atom is -0.375 e. The van der Waals surface area contributed by atoms with Crippen LogP contribution in [-0.2, 0) is 6.42 Å². The molecule has 0 unspecified atom stereocenters. The maximum atomic E-state index is 5.76. The molecular weight excluding hydrogens is 340 g/mol. The molecule has 0 aliphatic heterocycles. The zero-order valence-electron chi connectivity index (χ0n) is 15.3. The van der Waals surface area contributed by atoms with Crippen molar-refractivity contribution in [3.63, 3.8) is 0 Å². The van der Waals surface area contributed by atoms with E-state index in [0.29, 0.717) is 5.13 Å². The standard InChI is InChI=1S/C17H14N4S.C4H10/c1-2-11-5-6-21-13(10-19-16(21)9-11)7-12-3-4-14-15(8-12)22-17(18)20-14;1-3-4-2/h2-6,8-10H,1,7H2,(H2,18,20);3-4H2,1-2H3. The van der Waals surface area contributed by atoms with E-state index in [2.05, 4.69) is 46.9 Å². The van der Waals surface area contributed by atoms with Gasteiger partial charge in [-0.15, -0.1) is 0 Å². The van der Waals surface area contributed by atoms with Crippen LogP contribution in [0, 0.1) is 0 Å². The van der Waals surface area contributed by atoms with Crippen molar-refractivity contribution < 1.29 is 0 Å². The number of hydrogen-bond acceptors (Lipinski definition) is 4. The summed E-state index contributed by atoms with van der Waals surface area (Å²) in [4.78, 5) is 8.76. The van der Waals surface area contributed by atoms with Crippen molar-refractivity contribution in [3.8, 4) is 0 Å². The maximum Gasteiger partial charge on any atom is 0.181 e. The van der Waals surface area contributed by atoms with Crippen LogP contribution in [0.25, 0.3) is 21.9 Å². The molecule has 0 aliphatic rings. The highest BCUT2D eigenvalue weighted by molar-refractivity contribution is 7.22. The summed E-state index contributed by atoms with van der Waals surface area (Å²) < 4.78 is 3.23. The number of hydrogen-bond donors (Lipinski definition) is 1. The van der Waals surface area contributed by atoms with E-state index in [1.54, 1.807) is 0 Å². The molecular formula is C21H24N4S. The van der Waals surface area contributed by atoms with E-state index in [9.17, 15) is 0 Å². The van der Waals surface area contributed by atoms with Crippen molar-refractivity contribution >= 4 is 38.4 Å². The largest absolute Gasteiger partial charge is 0.375 e. The Morgan fingerprint density at radius 1 is 1.19 bits per heavy atom. The van der Waals surface area contributed by atoms with Crippen molar-refractivity contribution in [2.75, 3.05) is 5.73 Å². The number of nitrogen functional groups attached to an aromatic ring is 1. The Bertz CT molecular complexity index is 1030. The van der Waals surface area contributed by atoms with Gasteiger partial charge in [0.1, 0.15) is 5.65 Å². The van der Waals surface area contributed by atoms with Gasteiger partial charge in [-0.25, -0.2) is 9.97 Å². The van der Waals surface area contributed by atoms with Gasteiger partial charge in [-0.2, -0.15) is 0 Å². The van der Waals surface area contributed by atoms with Gasteiger partial charge in [0.2, 0.25) is 0 Å². The van der Waals surface area contributed by atoms with Gasteiger partial charge in [-0.3, -0.25) is 0 Å². The van der Waals surface area contributed by atoms with Crippen molar-refractivity contribution in [3.05, 3.63) is 66.1 Å². The molecule has 4 nitrogen and oxygen atoms in total. The van der Waals surface area contributed by atoms with E-state index in [4.69, 9.17) is 5.73 Å². The number of rotatable bonds is 4. The number of aromatic nitrogens is 3.